The molecule has 0 aliphatic rings. The van der Waals surface area contributed by atoms with Crippen LogP contribution in [0.1, 0.15) is 39.1 Å². The molecule has 0 bridgehead atoms. The lowest BCUT2D eigenvalue weighted by molar-refractivity contribution is 0.128. The summed E-state index contributed by atoms with van der Waals surface area (Å²) in [6.45, 7) is 7.68. The quantitative estimate of drug-likeness (QED) is 0.721. The Morgan fingerprint density at radius 3 is 2.76 bits per heavy atom. The number of aromatic nitrogens is 2. The highest BCUT2D eigenvalue weighted by Crippen LogP contribution is 2.13. The molecule has 98 valence electrons. The van der Waals surface area contributed by atoms with Crippen LogP contribution in [-0.4, -0.2) is 36.5 Å². The monoisotopic (exact) mass is 242 g/mol. The molecule has 0 fully saturated rings. The first-order valence-electron chi connectivity index (χ1n) is 6.00. The van der Waals surface area contributed by atoms with Crippen molar-refractivity contribution in [2.24, 2.45) is 0 Å². The SMILES string of the molecule is CCCNC(C)c1nnc(NCC(C)OC)o1. The lowest BCUT2D eigenvalue weighted by Crippen LogP contribution is -2.19. The summed E-state index contributed by atoms with van der Waals surface area (Å²) in [5.41, 5.74) is 0. The number of anilines is 1. The molecule has 0 spiro atoms. The predicted octanol–water partition coefficient (Wildman–Crippen LogP) is 1.58. The lowest BCUT2D eigenvalue weighted by atomic mass is 10.3. The molecule has 1 heterocycles. The van der Waals surface area contributed by atoms with E-state index in [9.17, 15) is 0 Å². The van der Waals surface area contributed by atoms with Crippen LogP contribution in [0, 0.1) is 0 Å². The number of ether oxygens (including phenoxy) is 1. The molecular weight excluding hydrogens is 220 g/mol. The van der Waals surface area contributed by atoms with Crippen LogP contribution in [0.2, 0.25) is 0 Å². The van der Waals surface area contributed by atoms with E-state index in [2.05, 4.69) is 27.8 Å². The van der Waals surface area contributed by atoms with Gasteiger partial charge in [-0.3, -0.25) is 0 Å². The topological polar surface area (TPSA) is 72.2 Å². The standard InChI is InChI=1S/C11H22N4O2/c1-5-6-12-9(3)10-14-15-11(17-10)13-7-8(2)16-4/h8-9,12H,5-7H2,1-4H3,(H,13,15). The van der Waals surface area contributed by atoms with Crippen LogP contribution in [0.4, 0.5) is 6.01 Å². The zero-order valence-electron chi connectivity index (χ0n) is 11.0. The van der Waals surface area contributed by atoms with Gasteiger partial charge in [-0.05, 0) is 26.8 Å². The molecule has 0 aromatic carbocycles. The fourth-order valence-corrected chi connectivity index (χ4v) is 1.24. The summed E-state index contributed by atoms with van der Waals surface area (Å²) >= 11 is 0. The van der Waals surface area contributed by atoms with E-state index in [0.717, 1.165) is 13.0 Å². The number of hydrogen-bond acceptors (Lipinski definition) is 6. The minimum absolute atomic E-state index is 0.0813. The third kappa shape index (κ3) is 4.70. The largest absolute Gasteiger partial charge is 0.406 e. The Labute approximate surface area is 102 Å². The Morgan fingerprint density at radius 1 is 1.35 bits per heavy atom. The summed E-state index contributed by atoms with van der Waals surface area (Å²) in [4.78, 5) is 0. The Morgan fingerprint density at radius 2 is 2.12 bits per heavy atom. The molecule has 0 radical (unpaired) electrons. The molecule has 1 aromatic rings. The highest BCUT2D eigenvalue weighted by atomic mass is 16.5. The van der Waals surface area contributed by atoms with Crippen molar-refractivity contribution in [3.8, 4) is 0 Å². The Hall–Kier alpha value is -1.14. The summed E-state index contributed by atoms with van der Waals surface area (Å²) in [6.07, 6.45) is 1.19. The maximum atomic E-state index is 5.49. The summed E-state index contributed by atoms with van der Waals surface area (Å²) in [5, 5.41) is 14.2. The number of methoxy groups -OCH3 is 1. The molecule has 6 heteroatoms. The van der Waals surface area contributed by atoms with Gasteiger partial charge in [0.2, 0.25) is 5.89 Å². The van der Waals surface area contributed by atoms with Crippen molar-refractivity contribution >= 4 is 6.01 Å². The number of hydrogen-bond donors (Lipinski definition) is 2. The van der Waals surface area contributed by atoms with E-state index in [-0.39, 0.29) is 12.1 Å². The van der Waals surface area contributed by atoms with Gasteiger partial charge in [0.1, 0.15) is 0 Å². The van der Waals surface area contributed by atoms with Gasteiger partial charge in [0.15, 0.2) is 0 Å². The zero-order chi connectivity index (χ0) is 12.7. The normalized spacial score (nSPS) is 14.6. The predicted molar refractivity (Wildman–Crippen MR) is 66.0 cm³/mol. The van der Waals surface area contributed by atoms with Gasteiger partial charge in [0, 0.05) is 13.7 Å². The van der Waals surface area contributed by atoms with Crippen LogP contribution in [0.25, 0.3) is 0 Å². The third-order valence-corrected chi connectivity index (χ3v) is 2.45. The van der Waals surface area contributed by atoms with E-state index in [0.29, 0.717) is 18.5 Å². The van der Waals surface area contributed by atoms with Gasteiger partial charge in [-0.25, -0.2) is 0 Å². The van der Waals surface area contributed by atoms with Gasteiger partial charge >= 0.3 is 6.01 Å². The van der Waals surface area contributed by atoms with E-state index in [1.165, 1.54) is 0 Å². The van der Waals surface area contributed by atoms with Crippen molar-refractivity contribution in [1.29, 1.82) is 0 Å². The fourth-order valence-electron chi connectivity index (χ4n) is 1.24. The maximum absolute atomic E-state index is 5.49. The Bertz CT molecular complexity index is 316. The molecule has 1 aromatic heterocycles. The van der Waals surface area contributed by atoms with Crippen LogP contribution in [-0.2, 0) is 4.74 Å². The van der Waals surface area contributed by atoms with Crippen molar-refractivity contribution in [3.05, 3.63) is 5.89 Å². The molecule has 2 unspecified atom stereocenters. The van der Waals surface area contributed by atoms with Crippen molar-refractivity contribution in [2.45, 2.75) is 39.3 Å². The number of rotatable bonds is 8. The first-order chi connectivity index (χ1) is 8.17. The lowest BCUT2D eigenvalue weighted by Gasteiger charge is -2.09. The maximum Gasteiger partial charge on any atom is 0.315 e. The number of nitrogens with zero attached hydrogens (tertiary/aromatic N) is 2. The summed E-state index contributed by atoms with van der Waals surface area (Å²) in [7, 11) is 1.67. The average molecular weight is 242 g/mol. The van der Waals surface area contributed by atoms with E-state index in [1.54, 1.807) is 7.11 Å². The molecule has 17 heavy (non-hydrogen) atoms. The van der Waals surface area contributed by atoms with Crippen LogP contribution in [0.3, 0.4) is 0 Å². The summed E-state index contributed by atoms with van der Waals surface area (Å²) < 4.78 is 10.6. The molecule has 1 rings (SSSR count). The van der Waals surface area contributed by atoms with Gasteiger partial charge in [-0.2, -0.15) is 0 Å². The second kappa shape index (κ2) is 7.24. The smallest absolute Gasteiger partial charge is 0.315 e. The molecule has 0 aliphatic carbocycles. The van der Waals surface area contributed by atoms with Crippen LogP contribution in [0.5, 0.6) is 0 Å². The molecule has 0 amide bonds. The van der Waals surface area contributed by atoms with E-state index < -0.39 is 0 Å². The van der Waals surface area contributed by atoms with Crippen molar-refractivity contribution in [2.75, 3.05) is 25.5 Å². The van der Waals surface area contributed by atoms with Gasteiger partial charge in [-0.15, -0.1) is 5.10 Å². The van der Waals surface area contributed by atoms with Crippen LogP contribution < -0.4 is 10.6 Å². The molecule has 0 aliphatic heterocycles. The minimum Gasteiger partial charge on any atom is -0.406 e. The molecule has 2 atom stereocenters. The fraction of sp³-hybridized carbons (Fsp3) is 0.818. The van der Waals surface area contributed by atoms with E-state index in [4.69, 9.17) is 9.15 Å². The van der Waals surface area contributed by atoms with Gasteiger partial charge in [-0.1, -0.05) is 12.0 Å². The van der Waals surface area contributed by atoms with Crippen LogP contribution in [0.15, 0.2) is 4.42 Å². The first-order valence-corrected chi connectivity index (χ1v) is 6.00. The van der Waals surface area contributed by atoms with Crippen molar-refractivity contribution < 1.29 is 9.15 Å². The summed E-state index contributed by atoms with van der Waals surface area (Å²) in [5.74, 6) is 0.603. The second-order valence-corrected chi connectivity index (χ2v) is 4.05. The average Bonchev–Trinajstić information content (AvgIpc) is 2.81. The third-order valence-electron chi connectivity index (χ3n) is 2.45. The zero-order valence-corrected chi connectivity index (χ0v) is 11.0. The van der Waals surface area contributed by atoms with Crippen molar-refractivity contribution in [3.63, 3.8) is 0 Å². The first kappa shape index (κ1) is 13.9. The molecule has 0 saturated carbocycles. The van der Waals surface area contributed by atoms with E-state index in [1.807, 2.05) is 13.8 Å². The molecular formula is C11H22N4O2. The van der Waals surface area contributed by atoms with Gasteiger partial charge in [0.25, 0.3) is 0 Å². The summed E-state index contributed by atoms with van der Waals surface area (Å²) in [6, 6.07) is 0.520. The van der Waals surface area contributed by atoms with Crippen molar-refractivity contribution in [1.82, 2.24) is 15.5 Å². The second-order valence-electron chi connectivity index (χ2n) is 4.05. The highest BCUT2D eigenvalue weighted by Gasteiger charge is 2.13. The van der Waals surface area contributed by atoms with E-state index >= 15 is 0 Å². The Kier molecular flexibility index (Phi) is 5.93. The number of nitrogens with one attached hydrogen (secondary N) is 2. The Balaban J connectivity index is 2.41. The van der Waals surface area contributed by atoms with Crippen LogP contribution >= 0.6 is 0 Å². The molecule has 0 saturated heterocycles. The van der Waals surface area contributed by atoms with Gasteiger partial charge in [0.05, 0.1) is 12.1 Å². The molecule has 2 N–H and O–H groups in total. The highest BCUT2D eigenvalue weighted by molar-refractivity contribution is 5.17. The van der Waals surface area contributed by atoms with Gasteiger partial charge < -0.3 is 19.8 Å². The molecule has 6 nitrogen and oxygen atoms in total. The minimum atomic E-state index is 0.0813.